The summed E-state index contributed by atoms with van der Waals surface area (Å²) in [5.74, 6) is 2.50. The molecule has 0 saturated heterocycles. The predicted molar refractivity (Wildman–Crippen MR) is 71.4 cm³/mol. The summed E-state index contributed by atoms with van der Waals surface area (Å²) in [6.45, 7) is 0. The molecule has 3 rings (SSSR count). The van der Waals surface area contributed by atoms with Crippen LogP contribution in [-0.2, 0) is 6.42 Å². The van der Waals surface area contributed by atoms with Crippen LogP contribution in [0.3, 0.4) is 0 Å². The Hall–Kier alpha value is -2.74. The second-order valence-electron chi connectivity index (χ2n) is 4.39. The second kappa shape index (κ2) is 4.74. The van der Waals surface area contributed by atoms with Gasteiger partial charge >= 0.3 is 0 Å². The Labute approximate surface area is 116 Å². The molecule has 0 spiro atoms. The van der Waals surface area contributed by atoms with Gasteiger partial charge in [-0.25, -0.2) is 4.98 Å². The van der Waals surface area contributed by atoms with Crippen molar-refractivity contribution in [2.24, 2.45) is 0 Å². The quantitative estimate of drug-likeness (QED) is 0.715. The average Bonchev–Trinajstić information content (AvgIpc) is 2.50. The minimum absolute atomic E-state index is 0.524. The molecule has 2 aromatic rings. The van der Waals surface area contributed by atoms with E-state index in [1.807, 2.05) is 6.07 Å². The summed E-state index contributed by atoms with van der Waals surface area (Å²) in [5.41, 5.74) is 2.40. The fraction of sp³-hybridized carbons (Fsp3) is 0.200. The smallest absolute Gasteiger partial charge is 0.222 e. The molecule has 2 heterocycles. The highest BCUT2D eigenvalue weighted by Crippen LogP contribution is 2.41. The van der Waals surface area contributed by atoms with Crippen LogP contribution in [0, 0.1) is 11.3 Å². The first-order valence-corrected chi connectivity index (χ1v) is 6.07. The molecule has 0 bridgehead atoms. The number of hydrogen-bond donors (Lipinski definition) is 0. The molecule has 1 aliphatic rings. The molecule has 100 valence electrons. The van der Waals surface area contributed by atoms with Gasteiger partial charge in [0.1, 0.15) is 11.8 Å². The summed E-state index contributed by atoms with van der Waals surface area (Å²) in [5, 5.41) is 8.92. The highest BCUT2D eigenvalue weighted by molar-refractivity contribution is 5.56. The standard InChI is InChI=1S/C15H12N2O3/c1-18-13-5-10-4-11-3-9(7-16)8-17-15(11)20-12(10)6-14(13)19-2/h3,5-6,8H,4H2,1-2H3. The van der Waals surface area contributed by atoms with E-state index in [1.54, 1.807) is 26.4 Å². The third-order valence-corrected chi connectivity index (χ3v) is 3.21. The number of ether oxygens (including phenoxy) is 3. The topological polar surface area (TPSA) is 64.4 Å². The zero-order valence-electron chi connectivity index (χ0n) is 11.1. The van der Waals surface area contributed by atoms with E-state index in [4.69, 9.17) is 19.5 Å². The van der Waals surface area contributed by atoms with Gasteiger partial charge in [0.15, 0.2) is 11.5 Å². The molecular weight excluding hydrogens is 256 g/mol. The molecule has 0 aliphatic carbocycles. The first kappa shape index (κ1) is 12.3. The van der Waals surface area contributed by atoms with Crippen molar-refractivity contribution < 1.29 is 14.2 Å². The van der Waals surface area contributed by atoms with Crippen LogP contribution in [0.15, 0.2) is 24.4 Å². The SMILES string of the molecule is COc1cc2c(cc1OC)Oc1ncc(C#N)cc1C2. The lowest BCUT2D eigenvalue weighted by molar-refractivity contribution is 0.349. The molecule has 0 radical (unpaired) electrons. The molecule has 0 saturated carbocycles. The van der Waals surface area contributed by atoms with Crippen molar-refractivity contribution >= 4 is 0 Å². The van der Waals surface area contributed by atoms with Crippen LogP contribution in [0.5, 0.6) is 23.1 Å². The fourth-order valence-corrected chi connectivity index (χ4v) is 2.22. The van der Waals surface area contributed by atoms with Gasteiger partial charge in [0.2, 0.25) is 5.88 Å². The van der Waals surface area contributed by atoms with Crippen LogP contribution >= 0.6 is 0 Å². The predicted octanol–water partition coefficient (Wildman–Crippen LogP) is 2.67. The van der Waals surface area contributed by atoms with Crippen molar-refractivity contribution in [3.8, 4) is 29.2 Å². The van der Waals surface area contributed by atoms with E-state index >= 15 is 0 Å². The number of hydrogen-bond acceptors (Lipinski definition) is 5. The van der Waals surface area contributed by atoms with E-state index in [0.717, 1.165) is 11.1 Å². The molecule has 5 nitrogen and oxygen atoms in total. The molecule has 0 unspecified atom stereocenters. The maximum absolute atomic E-state index is 8.92. The van der Waals surface area contributed by atoms with Gasteiger partial charge in [-0.2, -0.15) is 5.26 Å². The Bertz CT molecular complexity index is 720. The monoisotopic (exact) mass is 268 g/mol. The van der Waals surface area contributed by atoms with Crippen molar-refractivity contribution in [1.29, 1.82) is 5.26 Å². The van der Waals surface area contributed by atoms with Crippen LogP contribution in [0.25, 0.3) is 0 Å². The van der Waals surface area contributed by atoms with E-state index in [0.29, 0.717) is 35.1 Å². The third-order valence-electron chi connectivity index (χ3n) is 3.21. The van der Waals surface area contributed by atoms with Crippen LogP contribution < -0.4 is 14.2 Å². The summed E-state index contributed by atoms with van der Waals surface area (Å²) in [7, 11) is 3.18. The third kappa shape index (κ3) is 1.91. The lowest BCUT2D eigenvalue weighted by atomic mass is 10.0. The van der Waals surface area contributed by atoms with Gasteiger partial charge in [0.25, 0.3) is 0 Å². The Morgan fingerprint density at radius 1 is 1.15 bits per heavy atom. The second-order valence-corrected chi connectivity index (χ2v) is 4.39. The Morgan fingerprint density at radius 2 is 1.90 bits per heavy atom. The molecule has 1 aromatic carbocycles. The fourth-order valence-electron chi connectivity index (χ4n) is 2.22. The maximum Gasteiger partial charge on any atom is 0.222 e. The molecule has 0 atom stereocenters. The molecular formula is C15H12N2O3. The van der Waals surface area contributed by atoms with Gasteiger partial charge in [-0.05, 0) is 12.1 Å². The number of pyridine rings is 1. The molecule has 0 amide bonds. The van der Waals surface area contributed by atoms with Gasteiger partial charge in [0, 0.05) is 29.8 Å². The Kier molecular flexibility index (Phi) is 2.92. The van der Waals surface area contributed by atoms with E-state index in [2.05, 4.69) is 11.1 Å². The molecule has 0 fully saturated rings. The minimum atomic E-state index is 0.524. The number of benzene rings is 1. The Balaban J connectivity index is 2.06. The minimum Gasteiger partial charge on any atom is -0.493 e. The highest BCUT2D eigenvalue weighted by atomic mass is 16.5. The van der Waals surface area contributed by atoms with Crippen LogP contribution in [0.2, 0.25) is 0 Å². The average molecular weight is 268 g/mol. The van der Waals surface area contributed by atoms with Gasteiger partial charge in [-0.15, -0.1) is 0 Å². The summed E-state index contributed by atoms with van der Waals surface area (Å²) < 4.78 is 16.3. The summed E-state index contributed by atoms with van der Waals surface area (Å²) in [6, 6.07) is 7.55. The van der Waals surface area contributed by atoms with Gasteiger partial charge in [-0.1, -0.05) is 0 Å². The largest absolute Gasteiger partial charge is 0.493 e. The molecule has 20 heavy (non-hydrogen) atoms. The summed E-state index contributed by atoms with van der Waals surface area (Å²) in [6.07, 6.45) is 2.15. The highest BCUT2D eigenvalue weighted by Gasteiger charge is 2.21. The zero-order chi connectivity index (χ0) is 14.1. The summed E-state index contributed by atoms with van der Waals surface area (Å²) >= 11 is 0. The lowest BCUT2D eigenvalue weighted by Gasteiger charge is -2.21. The number of nitrogens with zero attached hydrogens (tertiary/aromatic N) is 2. The zero-order valence-corrected chi connectivity index (χ0v) is 11.1. The first-order valence-electron chi connectivity index (χ1n) is 6.07. The number of rotatable bonds is 2. The summed E-state index contributed by atoms with van der Waals surface area (Å²) in [4.78, 5) is 4.17. The van der Waals surface area contributed by atoms with E-state index in [-0.39, 0.29) is 0 Å². The van der Waals surface area contributed by atoms with Crippen LogP contribution in [-0.4, -0.2) is 19.2 Å². The van der Waals surface area contributed by atoms with Crippen molar-refractivity contribution in [2.75, 3.05) is 14.2 Å². The molecule has 5 heteroatoms. The van der Waals surface area contributed by atoms with Crippen LogP contribution in [0.1, 0.15) is 16.7 Å². The number of nitriles is 1. The molecule has 0 N–H and O–H groups in total. The van der Waals surface area contributed by atoms with E-state index in [1.165, 1.54) is 6.20 Å². The van der Waals surface area contributed by atoms with Gasteiger partial charge in [0.05, 0.1) is 19.8 Å². The Morgan fingerprint density at radius 3 is 2.60 bits per heavy atom. The van der Waals surface area contributed by atoms with Crippen molar-refractivity contribution in [1.82, 2.24) is 4.98 Å². The number of fused-ring (bicyclic) bond motifs is 2. The van der Waals surface area contributed by atoms with Crippen molar-refractivity contribution in [2.45, 2.75) is 6.42 Å². The normalized spacial score (nSPS) is 11.7. The molecule has 1 aliphatic heterocycles. The van der Waals surface area contributed by atoms with Gasteiger partial charge < -0.3 is 14.2 Å². The van der Waals surface area contributed by atoms with Crippen molar-refractivity contribution in [3.05, 3.63) is 41.1 Å². The van der Waals surface area contributed by atoms with Crippen LogP contribution in [0.4, 0.5) is 0 Å². The molecule has 1 aromatic heterocycles. The van der Waals surface area contributed by atoms with E-state index in [9.17, 15) is 0 Å². The van der Waals surface area contributed by atoms with Crippen molar-refractivity contribution in [3.63, 3.8) is 0 Å². The first-order chi connectivity index (χ1) is 9.75. The number of methoxy groups -OCH3 is 2. The van der Waals surface area contributed by atoms with E-state index < -0.39 is 0 Å². The lowest BCUT2D eigenvalue weighted by Crippen LogP contribution is -2.06. The van der Waals surface area contributed by atoms with Gasteiger partial charge in [-0.3, -0.25) is 0 Å². The maximum atomic E-state index is 8.92. The number of aromatic nitrogens is 1.